The van der Waals surface area contributed by atoms with Crippen molar-refractivity contribution in [3.63, 3.8) is 0 Å². The second-order valence-electron chi connectivity index (χ2n) is 6.96. The number of carbonyl (C=O) groups is 1. The van der Waals surface area contributed by atoms with Gasteiger partial charge in [0, 0.05) is 13.1 Å². The lowest BCUT2D eigenvalue weighted by atomic mass is 10.1. The highest BCUT2D eigenvalue weighted by molar-refractivity contribution is 5.68. The third-order valence-electron chi connectivity index (χ3n) is 2.89. The predicted octanol–water partition coefficient (Wildman–Crippen LogP) is 3.09. The summed E-state index contributed by atoms with van der Waals surface area (Å²) in [6.45, 7) is 10.8. The first-order valence-electron chi connectivity index (χ1n) is 7.46. The van der Waals surface area contributed by atoms with E-state index < -0.39 is 17.2 Å². The minimum Gasteiger partial charge on any atom is -0.497 e. The first-order chi connectivity index (χ1) is 10.1. The van der Waals surface area contributed by atoms with E-state index >= 15 is 0 Å². The van der Waals surface area contributed by atoms with Crippen molar-refractivity contribution in [2.45, 2.75) is 52.3 Å². The zero-order chi connectivity index (χ0) is 16.8. The number of amides is 1. The molecule has 0 aliphatic rings. The van der Waals surface area contributed by atoms with Crippen LogP contribution in [-0.2, 0) is 11.3 Å². The SMILES string of the molecule is COc1ccc(CNCC(C)(C)NC(=O)OC(C)(C)C)cc1. The molecule has 5 heteroatoms. The molecule has 0 unspecified atom stereocenters. The fraction of sp³-hybridized carbons (Fsp3) is 0.588. The maximum Gasteiger partial charge on any atom is 0.408 e. The van der Waals surface area contributed by atoms with Gasteiger partial charge >= 0.3 is 6.09 Å². The molecular formula is C17H28N2O3. The summed E-state index contributed by atoms with van der Waals surface area (Å²) in [6, 6.07) is 7.89. The Bertz CT molecular complexity index is 476. The highest BCUT2D eigenvalue weighted by atomic mass is 16.6. The van der Waals surface area contributed by atoms with E-state index in [1.807, 2.05) is 58.9 Å². The summed E-state index contributed by atoms with van der Waals surface area (Å²) in [7, 11) is 1.65. The number of hydrogen-bond donors (Lipinski definition) is 2. The summed E-state index contributed by atoms with van der Waals surface area (Å²) in [5, 5.41) is 6.21. The molecule has 0 fully saturated rings. The van der Waals surface area contributed by atoms with Crippen molar-refractivity contribution in [1.82, 2.24) is 10.6 Å². The summed E-state index contributed by atoms with van der Waals surface area (Å²) >= 11 is 0. The standard InChI is InChI=1S/C17H28N2O3/c1-16(2,3)22-15(20)19-17(4,5)12-18-11-13-7-9-14(21-6)10-8-13/h7-10,18H,11-12H2,1-6H3,(H,19,20). The smallest absolute Gasteiger partial charge is 0.408 e. The Balaban J connectivity index is 2.39. The monoisotopic (exact) mass is 308 g/mol. The number of carbonyl (C=O) groups excluding carboxylic acids is 1. The molecule has 2 N–H and O–H groups in total. The van der Waals surface area contributed by atoms with Crippen LogP contribution in [0.5, 0.6) is 5.75 Å². The maximum absolute atomic E-state index is 11.8. The van der Waals surface area contributed by atoms with Gasteiger partial charge in [-0.15, -0.1) is 0 Å². The van der Waals surface area contributed by atoms with Crippen LogP contribution in [0.1, 0.15) is 40.2 Å². The third-order valence-corrected chi connectivity index (χ3v) is 2.89. The van der Waals surface area contributed by atoms with Crippen LogP contribution in [0.2, 0.25) is 0 Å². The Morgan fingerprint density at radius 3 is 2.18 bits per heavy atom. The van der Waals surface area contributed by atoms with E-state index in [2.05, 4.69) is 10.6 Å². The molecule has 1 aromatic carbocycles. The number of nitrogens with one attached hydrogen (secondary N) is 2. The predicted molar refractivity (Wildman–Crippen MR) is 88.1 cm³/mol. The van der Waals surface area contributed by atoms with E-state index in [4.69, 9.17) is 9.47 Å². The average molecular weight is 308 g/mol. The molecule has 22 heavy (non-hydrogen) atoms. The minimum absolute atomic E-state index is 0.394. The van der Waals surface area contributed by atoms with Crippen LogP contribution < -0.4 is 15.4 Å². The van der Waals surface area contributed by atoms with Gasteiger partial charge in [0.1, 0.15) is 11.4 Å². The first-order valence-corrected chi connectivity index (χ1v) is 7.46. The van der Waals surface area contributed by atoms with Gasteiger partial charge in [-0.25, -0.2) is 4.79 Å². The number of hydrogen-bond acceptors (Lipinski definition) is 4. The Morgan fingerprint density at radius 2 is 1.68 bits per heavy atom. The number of benzene rings is 1. The van der Waals surface area contributed by atoms with Gasteiger partial charge in [-0.2, -0.15) is 0 Å². The molecule has 0 saturated heterocycles. The number of rotatable bonds is 6. The molecule has 1 rings (SSSR count). The largest absolute Gasteiger partial charge is 0.497 e. The molecule has 0 radical (unpaired) electrons. The van der Waals surface area contributed by atoms with Gasteiger partial charge in [-0.05, 0) is 52.3 Å². The molecule has 0 atom stereocenters. The molecular weight excluding hydrogens is 280 g/mol. The Labute approximate surface area is 133 Å². The molecule has 0 saturated carbocycles. The van der Waals surface area contributed by atoms with Crippen molar-refractivity contribution in [1.29, 1.82) is 0 Å². The summed E-state index contributed by atoms with van der Waals surface area (Å²) in [5.41, 5.74) is 0.278. The summed E-state index contributed by atoms with van der Waals surface area (Å²) in [5.74, 6) is 0.843. The average Bonchev–Trinajstić information content (AvgIpc) is 2.36. The second kappa shape index (κ2) is 7.49. The maximum atomic E-state index is 11.8. The molecule has 0 bridgehead atoms. The normalized spacial score (nSPS) is 11.9. The molecule has 0 heterocycles. The van der Waals surface area contributed by atoms with Crippen molar-refractivity contribution in [3.05, 3.63) is 29.8 Å². The fourth-order valence-corrected chi connectivity index (χ4v) is 1.89. The van der Waals surface area contributed by atoms with Gasteiger partial charge in [0.05, 0.1) is 12.6 Å². The van der Waals surface area contributed by atoms with E-state index in [-0.39, 0.29) is 0 Å². The number of ether oxygens (including phenoxy) is 2. The van der Waals surface area contributed by atoms with E-state index in [0.29, 0.717) is 6.54 Å². The van der Waals surface area contributed by atoms with Crippen molar-refractivity contribution in [3.8, 4) is 5.75 Å². The minimum atomic E-state index is -0.489. The van der Waals surface area contributed by atoms with Crippen LogP contribution in [0.15, 0.2) is 24.3 Å². The fourth-order valence-electron chi connectivity index (χ4n) is 1.89. The summed E-state index contributed by atoms with van der Waals surface area (Å²) < 4.78 is 10.4. The Hall–Kier alpha value is -1.75. The summed E-state index contributed by atoms with van der Waals surface area (Å²) in [6.07, 6.45) is -0.399. The van der Waals surface area contributed by atoms with Crippen molar-refractivity contribution in [2.24, 2.45) is 0 Å². The van der Waals surface area contributed by atoms with E-state index in [0.717, 1.165) is 17.9 Å². The molecule has 0 aromatic heterocycles. The van der Waals surface area contributed by atoms with E-state index in [9.17, 15) is 4.79 Å². The van der Waals surface area contributed by atoms with Gasteiger partial charge in [-0.3, -0.25) is 0 Å². The van der Waals surface area contributed by atoms with Crippen LogP contribution in [0.3, 0.4) is 0 Å². The van der Waals surface area contributed by atoms with Gasteiger partial charge in [0.15, 0.2) is 0 Å². The number of alkyl carbamates (subject to hydrolysis) is 1. The summed E-state index contributed by atoms with van der Waals surface area (Å²) in [4.78, 5) is 11.8. The van der Waals surface area contributed by atoms with Crippen LogP contribution in [-0.4, -0.2) is 30.9 Å². The molecule has 5 nitrogen and oxygen atoms in total. The Kier molecular flexibility index (Phi) is 6.23. The van der Waals surface area contributed by atoms with Gasteiger partial charge < -0.3 is 20.1 Å². The van der Waals surface area contributed by atoms with E-state index in [1.165, 1.54) is 0 Å². The first kappa shape index (κ1) is 18.3. The zero-order valence-electron chi connectivity index (χ0n) is 14.4. The highest BCUT2D eigenvalue weighted by Gasteiger charge is 2.24. The van der Waals surface area contributed by atoms with Crippen LogP contribution in [0.25, 0.3) is 0 Å². The van der Waals surface area contributed by atoms with Gasteiger partial charge in [0.2, 0.25) is 0 Å². The molecule has 0 aliphatic heterocycles. The molecule has 1 amide bonds. The lowest BCUT2D eigenvalue weighted by Gasteiger charge is -2.29. The number of methoxy groups -OCH3 is 1. The highest BCUT2D eigenvalue weighted by Crippen LogP contribution is 2.12. The van der Waals surface area contributed by atoms with Gasteiger partial charge in [-0.1, -0.05) is 12.1 Å². The second-order valence-corrected chi connectivity index (χ2v) is 6.96. The van der Waals surface area contributed by atoms with Crippen molar-refractivity contribution in [2.75, 3.05) is 13.7 Å². The molecule has 0 aliphatic carbocycles. The van der Waals surface area contributed by atoms with E-state index in [1.54, 1.807) is 7.11 Å². The van der Waals surface area contributed by atoms with Crippen LogP contribution in [0.4, 0.5) is 4.79 Å². The quantitative estimate of drug-likeness (QED) is 0.848. The zero-order valence-corrected chi connectivity index (χ0v) is 14.4. The Morgan fingerprint density at radius 1 is 1.09 bits per heavy atom. The molecule has 1 aromatic rings. The van der Waals surface area contributed by atoms with Crippen molar-refractivity contribution >= 4 is 6.09 Å². The molecule has 124 valence electrons. The van der Waals surface area contributed by atoms with Crippen LogP contribution in [0, 0.1) is 0 Å². The van der Waals surface area contributed by atoms with Gasteiger partial charge in [0.25, 0.3) is 0 Å². The topological polar surface area (TPSA) is 59.6 Å². The lowest BCUT2D eigenvalue weighted by Crippen LogP contribution is -2.51. The van der Waals surface area contributed by atoms with Crippen molar-refractivity contribution < 1.29 is 14.3 Å². The molecule has 0 spiro atoms. The van der Waals surface area contributed by atoms with Crippen LogP contribution >= 0.6 is 0 Å². The lowest BCUT2D eigenvalue weighted by molar-refractivity contribution is 0.0472. The third kappa shape index (κ3) is 7.31.